The van der Waals surface area contributed by atoms with Crippen molar-refractivity contribution >= 4 is 23.5 Å². The zero-order valence-electron chi connectivity index (χ0n) is 19.7. The molecular formula is C25H27FN6O4. The van der Waals surface area contributed by atoms with Gasteiger partial charge in [0.2, 0.25) is 5.91 Å². The van der Waals surface area contributed by atoms with E-state index < -0.39 is 18.5 Å². The van der Waals surface area contributed by atoms with Gasteiger partial charge in [-0.25, -0.2) is 13.9 Å². The standard InChI is InChI=1S/C25H27FN6O4/c26-19-12-10-18(11-13-19)14-32(20-6-2-1-3-7-20)24(34)16-36-25(35)21-8-4-5-9-22(21)28-23(33)15-31-17-27-29-30-31/h4-5,8-13,17,20H,1-3,6-7,14-16H2,(H,28,33). The van der Waals surface area contributed by atoms with E-state index in [9.17, 15) is 18.8 Å². The molecule has 10 nitrogen and oxygen atoms in total. The fourth-order valence-corrected chi connectivity index (χ4v) is 4.25. The second kappa shape index (κ2) is 12.0. The van der Waals surface area contributed by atoms with Crippen LogP contribution in [0.2, 0.25) is 0 Å². The number of carbonyl (C=O) groups excluding carboxylic acids is 3. The third-order valence-electron chi connectivity index (χ3n) is 6.05. The van der Waals surface area contributed by atoms with Crippen molar-refractivity contribution in [1.29, 1.82) is 0 Å². The average molecular weight is 495 g/mol. The highest BCUT2D eigenvalue weighted by molar-refractivity contribution is 6.01. The number of amides is 2. The molecule has 0 saturated heterocycles. The smallest absolute Gasteiger partial charge is 0.340 e. The number of rotatable bonds is 9. The van der Waals surface area contributed by atoms with Gasteiger partial charge in [-0.2, -0.15) is 0 Å². The lowest BCUT2D eigenvalue weighted by atomic mass is 9.93. The van der Waals surface area contributed by atoms with Crippen LogP contribution in [0, 0.1) is 5.82 Å². The maximum absolute atomic E-state index is 13.3. The van der Waals surface area contributed by atoms with E-state index in [-0.39, 0.29) is 35.6 Å². The summed E-state index contributed by atoms with van der Waals surface area (Å²) in [5, 5.41) is 13.2. The molecule has 4 rings (SSSR count). The molecule has 2 aromatic carbocycles. The fourth-order valence-electron chi connectivity index (χ4n) is 4.25. The lowest BCUT2D eigenvalue weighted by Crippen LogP contribution is -2.43. The summed E-state index contributed by atoms with van der Waals surface area (Å²) in [7, 11) is 0. The lowest BCUT2D eigenvalue weighted by Gasteiger charge is -2.34. The van der Waals surface area contributed by atoms with Gasteiger partial charge >= 0.3 is 5.97 Å². The zero-order chi connectivity index (χ0) is 25.3. The number of tetrazole rings is 1. The van der Waals surface area contributed by atoms with E-state index in [0.29, 0.717) is 6.54 Å². The summed E-state index contributed by atoms with van der Waals surface area (Å²) in [5.74, 6) is -1.82. The van der Waals surface area contributed by atoms with Gasteiger partial charge in [0.15, 0.2) is 6.61 Å². The fraction of sp³-hybridized carbons (Fsp3) is 0.360. The molecule has 0 spiro atoms. The normalized spacial score (nSPS) is 13.7. The predicted molar refractivity (Wildman–Crippen MR) is 127 cm³/mol. The number of halogens is 1. The van der Waals surface area contributed by atoms with Gasteiger partial charge in [0.25, 0.3) is 5.91 Å². The van der Waals surface area contributed by atoms with E-state index in [1.807, 2.05) is 0 Å². The molecule has 1 fully saturated rings. The van der Waals surface area contributed by atoms with Gasteiger partial charge in [0.1, 0.15) is 18.7 Å². The summed E-state index contributed by atoms with van der Waals surface area (Å²) in [6.45, 7) is -0.261. The summed E-state index contributed by atoms with van der Waals surface area (Å²) >= 11 is 0. The second-order valence-corrected chi connectivity index (χ2v) is 8.62. The number of hydrogen-bond acceptors (Lipinski definition) is 7. The number of nitrogens with one attached hydrogen (secondary N) is 1. The molecule has 2 amide bonds. The number of carbonyl (C=O) groups is 3. The minimum Gasteiger partial charge on any atom is -0.452 e. The van der Waals surface area contributed by atoms with E-state index in [0.717, 1.165) is 37.7 Å². The van der Waals surface area contributed by atoms with E-state index in [4.69, 9.17) is 4.74 Å². The molecule has 0 atom stereocenters. The van der Waals surface area contributed by atoms with Crippen LogP contribution in [0.1, 0.15) is 48.0 Å². The number of anilines is 1. The minimum atomic E-state index is -0.730. The highest BCUT2D eigenvalue weighted by atomic mass is 19.1. The van der Waals surface area contributed by atoms with Crippen LogP contribution in [0.25, 0.3) is 0 Å². The van der Waals surface area contributed by atoms with Crippen molar-refractivity contribution in [2.24, 2.45) is 0 Å². The van der Waals surface area contributed by atoms with Crippen molar-refractivity contribution in [3.63, 3.8) is 0 Å². The Bertz CT molecular complexity index is 1180. The van der Waals surface area contributed by atoms with Gasteiger partial charge in [0, 0.05) is 12.6 Å². The molecular weight excluding hydrogens is 467 g/mol. The van der Waals surface area contributed by atoms with Crippen molar-refractivity contribution in [3.05, 3.63) is 71.8 Å². The molecule has 0 unspecified atom stereocenters. The van der Waals surface area contributed by atoms with Crippen molar-refractivity contribution in [2.75, 3.05) is 11.9 Å². The van der Waals surface area contributed by atoms with Crippen LogP contribution in [-0.4, -0.2) is 55.5 Å². The summed E-state index contributed by atoms with van der Waals surface area (Å²) < 4.78 is 20.0. The Balaban J connectivity index is 1.40. The number of ether oxygens (including phenoxy) is 1. The molecule has 0 radical (unpaired) electrons. The Morgan fingerprint density at radius 3 is 2.53 bits per heavy atom. The number of hydrogen-bond donors (Lipinski definition) is 1. The first-order valence-electron chi connectivity index (χ1n) is 11.8. The SMILES string of the molecule is O=C(Cn1cnnn1)Nc1ccccc1C(=O)OCC(=O)N(Cc1ccc(F)cc1)C1CCCCC1. The topological polar surface area (TPSA) is 119 Å². The molecule has 0 aliphatic heterocycles. The average Bonchev–Trinajstić information content (AvgIpc) is 3.40. The van der Waals surface area contributed by atoms with Crippen LogP contribution in [-0.2, 0) is 27.4 Å². The third kappa shape index (κ3) is 6.71. The molecule has 1 heterocycles. The quantitative estimate of drug-likeness (QED) is 0.454. The zero-order valence-corrected chi connectivity index (χ0v) is 19.7. The highest BCUT2D eigenvalue weighted by Crippen LogP contribution is 2.25. The molecule has 1 aromatic heterocycles. The largest absolute Gasteiger partial charge is 0.452 e. The van der Waals surface area contributed by atoms with Gasteiger partial charge in [-0.3, -0.25) is 9.59 Å². The maximum atomic E-state index is 13.3. The van der Waals surface area contributed by atoms with E-state index in [2.05, 4.69) is 20.8 Å². The number of nitrogens with zero attached hydrogens (tertiary/aromatic N) is 5. The van der Waals surface area contributed by atoms with Gasteiger partial charge in [-0.1, -0.05) is 43.5 Å². The monoisotopic (exact) mass is 494 g/mol. The van der Waals surface area contributed by atoms with Gasteiger partial charge in [-0.05, 0) is 53.1 Å². The number of benzene rings is 2. The van der Waals surface area contributed by atoms with E-state index in [1.165, 1.54) is 29.2 Å². The molecule has 1 N–H and O–H groups in total. The Kier molecular flexibility index (Phi) is 8.32. The molecule has 188 valence electrons. The Hall–Kier alpha value is -4.15. The minimum absolute atomic E-state index is 0.0351. The first-order valence-corrected chi connectivity index (χ1v) is 11.8. The van der Waals surface area contributed by atoms with Gasteiger partial charge in [0.05, 0.1) is 11.3 Å². The van der Waals surface area contributed by atoms with Crippen LogP contribution in [0.4, 0.5) is 10.1 Å². The summed E-state index contributed by atoms with van der Waals surface area (Å²) in [6, 6.07) is 12.5. The Morgan fingerprint density at radius 1 is 1.06 bits per heavy atom. The van der Waals surface area contributed by atoms with Crippen molar-refractivity contribution in [2.45, 2.75) is 51.2 Å². The van der Waals surface area contributed by atoms with Crippen LogP contribution in [0.3, 0.4) is 0 Å². The first kappa shape index (κ1) is 25.0. The number of para-hydroxylation sites is 1. The molecule has 3 aromatic rings. The second-order valence-electron chi connectivity index (χ2n) is 8.62. The summed E-state index contributed by atoms with van der Waals surface area (Å²) in [6.07, 6.45) is 6.22. The Morgan fingerprint density at radius 2 is 1.81 bits per heavy atom. The summed E-state index contributed by atoms with van der Waals surface area (Å²) in [4.78, 5) is 40.1. The molecule has 1 aliphatic carbocycles. The molecule has 1 saturated carbocycles. The summed E-state index contributed by atoms with van der Waals surface area (Å²) in [5.41, 5.74) is 1.18. The van der Waals surface area contributed by atoms with E-state index >= 15 is 0 Å². The molecule has 1 aliphatic rings. The van der Waals surface area contributed by atoms with Gasteiger partial charge in [-0.15, -0.1) is 5.10 Å². The van der Waals surface area contributed by atoms with Crippen LogP contribution in [0.5, 0.6) is 0 Å². The van der Waals surface area contributed by atoms with Gasteiger partial charge < -0.3 is 15.0 Å². The van der Waals surface area contributed by atoms with Crippen LogP contribution >= 0.6 is 0 Å². The van der Waals surface area contributed by atoms with Crippen molar-refractivity contribution in [3.8, 4) is 0 Å². The first-order chi connectivity index (χ1) is 17.5. The Labute approximate surface area is 207 Å². The van der Waals surface area contributed by atoms with Crippen LogP contribution < -0.4 is 5.32 Å². The van der Waals surface area contributed by atoms with Crippen LogP contribution in [0.15, 0.2) is 54.9 Å². The highest BCUT2D eigenvalue weighted by Gasteiger charge is 2.27. The van der Waals surface area contributed by atoms with Crippen molar-refractivity contribution in [1.82, 2.24) is 25.1 Å². The number of esters is 1. The predicted octanol–water partition coefficient (Wildman–Crippen LogP) is 2.97. The maximum Gasteiger partial charge on any atom is 0.340 e. The molecule has 11 heteroatoms. The molecule has 0 bridgehead atoms. The molecule has 36 heavy (non-hydrogen) atoms. The third-order valence-corrected chi connectivity index (χ3v) is 6.05. The van der Waals surface area contributed by atoms with E-state index in [1.54, 1.807) is 35.2 Å². The number of aromatic nitrogens is 4. The van der Waals surface area contributed by atoms with Crippen molar-refractivity contribution < 1.29 is 23.5 Å². The lowest BCUT2D eigenvalue weighted by molar-refractivity contribution is -0.138.